The predicted octanol–water partition coefficient (Wildman–Crippen LogP) is 5.15. The van der Waals surface area contributed by atoms with Gasteiger partial charge in [-0.2, -0.15) is 0 Å². The van der Waals surface area contributed by atoms with Crippen LogP contribution >= 0.6 is 15.9 Å². The van der Waals surface area contributed by atoms with E-state index in [1.807, 2.05) is 13.8 Å². The molecule has 2 aromatic carbocycles. The molecule has 0 saturated heterocycles. The molecule has 2 aromatic rings. The van der Waals surface area contributed by atoms with E-state index in [4.69, 9.17) is 4.74 Å². The van der Waals surface area contributed by atoms with Gasteiger partial charge in [0.25, 0.3) is 0 Å². The molecule has 0 saturated carbocycles. The number of rotatable bonds is 6. The van der Waals surface area contributed by atoms with Crippen LogP contribution in [0, 0.1) is 13.8 Å². The van der Waals surface area contributed by atoms with E-state index in [-0.39, 0.29) is 28.8 Å². The first kappa shape index (κ1) is 20.7. The van der Waals surface area contributed by atoms with E-state index >= 15 is 0 Å². The van der Waals surface area contributed by atoms with Crippen molar-refractivity contribution in [2.75, 3.05) is 0 Å². The van der Waals surface area contributed by atoms with Crippen molar-refractivity contribution in [2.45, 2.75) is 33.8 Å². The molecule has 6 heteroatoms. The highest BCUT2D eigenvalue weighted by molar-refractivity contribution is 9.10. The van der Waals surface area contributed by atoms with E-state index in [0.29, 0.717) is 26.9 Å². The molecular formula is C21H21BrO5. The van der Waals surface area contributed by atoms with Crippen LogP contribution in [0.15, 0.2) is 34.8 Å². The predicted molar refractivity (Wildman–Crippen MR) is 108 cm³/mol. The molecule has 2 N–H and O–H groups in total. The van der Waals surface area contributed by atoms with Gasteiger partial charge in [-0.1, -0.05) is 15.9 Å². The van der Waals surface area contributed by atoms with E-state index in [2.05, 4.69) is 15.9 Å². The van der Waals surface area contributed by atoms with Crippen molar-refractivity contribution < 1.29 is 24.5 Å². The Morgan fingerprint density at radius 2 is 1.85 bits per heavy atom. The molecule has 0 spiro atoms. The van der Waals surface area contributed by atoms with Crippen molar-refractivity contribution in [3.63, 3.8) is 0 Å². The number of carboxylic acids is 1. The van der Waals surface area contributed by atoms with Gasteiger partial charge in [0.2, 0.25) is 0 Å². The van der Waals surface area contributed by atoms with Crippen molar-refractivity contribution in [1.82, 2.24) is 0 Å². The third kappa shape index (κ3) is 4.77. The molecule has 27 heavy (non-hydrogen) atoms. The molecule has 0 heterocycles. The average Bonchev–Trinajstić information content (AvgIpc) is 2.54. The Balaban J connectivity index is 2.49. The fraction of sp³-hybridized carbons (Fsp3) is 0.238. The van der Waals surface area contributed by atoms with Crippen molar-refractivity contribution in [1.29, 1.82) is 0 Å². The number of phenols is 1. The molecule has 0 aliphatic rings. The van der Waals surface area contributed by atoms with E-state index in [9.17, 15) is 19.8 Å². The number of halogens is 1. The van der Waals surface area contributed by atoms with Gasteiger partial charge in [0.05, 0.1) is 17.2 Å². The second kappa shape index (κ2) is 8.39. The molecule has 0 bridgehead atoms. The van der Waals surface area contributed by atoms with Gasteiger partial charge in [-0.25, -0.2) is 4.79 Å². The Bertz CT molecular complexity index is 929. The summed E-state index contributed by atoms with van der Waals surface area (Å²) in [5.41, 5.74) is 2.06. The first-order chi connectivity index (χ1) is 12.6. The molecule has 0 aliphatic carbocycles. The quantitative estimate of drug-likeness (QED) is 0.486. The van der Waals surface area contributed by atoms with Gasteiger partial charge in [-0.15, -0.1) is 0 Å². The van der Waals surface area contributed by atoms with Crippen molar-refractivity contribution in [2.24, 2.45) is 0 Å². The minimum Gasteiger partial charge on any atom is -0.507 e. The maximum Gasteiger partial charge on any atom is 0.336 e. The second-order valence-corrected chi connectivity index (χ2v) is 7.36. The van der Waals surface area contributed by atoms with Crippen LogP contribution in [0.2, 0.25) is 0 Å². The van der Waals surface area contributed by atoms with Crippen molar-refractivity contribution in [3.8, 4) is 11.5 Å². The van der Waals surface area contributed by atoms with Crippen LogP contribution in [0.4, 0.5) is 0 Å². The van der Waals surface area contributed by atoms with E-state index in [1.54, 1.807) is 32.1 Å². The zero-order valence-corrected chi connectivity index (χ0v) is 17.1. The molecule has 0 fully saturated rings. The van der Waals surface area contributed by atoms with Crippen molar-refractivity contribution >= 4 is 33.8 Å². The SMILES string of the molecule is Cc1cc(/C=C/C(=O)c2ccc(Br)cc2O)c(OC(C)C)c(C)c1C(=O)O. The summed E-state index contributed by atoms with van der Waals surface area (Å²) in [6.07, 6.45) is 2.75. The number of carboxylic acid groups (broad SMARTS) is 1. The molecule has 0 aromatic heterocycles. The first-order valence-electron chi connectivity index (χ1n) is 8.37. The van der Waals surface area contributed by atoms with Crippen LogP contribution < -0.4 is 4.74 Å². The zero-order chi connectivity index (χ0) is 20.3. The van der Waals surface area contributed by atoms with Crippen LogP contribution in [0.3, 0.4) is 0 Å². The number of allylic oxidation sites excluding steroid dienone is 1. The Morgan fingerprint density at radius 1 is 1.19 bits per heavy atom. The fourth-order valence-corrected chi connectivity index (χ4v) is 3.16. The number of carbonyl (C=O) groups excluding carboxylic acids is 1. The minimum atomic E-state index is -1.02. The topological polar surface area (TPSA) is 83.8 Å². The van der Waals surface area contributed by atoms with E-state index in [1.165, 1.54) is 18.2 Å². The van der Waals surface area contributed by atoms with Crippen LogP contribution in [0.1, 0.15) is 51.3 Å². The lowest BCUT2D eigenvalue weighted by molar-refractivity contribution is 0.0694. The number of hydrogen-bond acceptors (Lipinski definition) is 4. The standard InChI is InChI=1S/C21H21BrO5/c1-11(2)27-20-13(4)19(21(25)26)12(3)9-14(20)5-8-17(23)16-7-6-15(22)10-18(16)24/h5-11,24H,1-4H3,(H,25,26)/b8-5+. The minimum absolute atomic E-state index is 0.119. The summed E-state index contributed by atoms with van der Waals surface area (Å²) in [5.74, 6) is -1.08. The highest BCUT2D eigenvalue weighted by atomic mass is 79.9. The van der Waals surface area contributed by atoms with Gasteiger partial charge in [0, 0.05) is 15.6 Å². The highest BCUT2D eigenvalue weighted by Crippen LogP contribution is 2.32. The first-order valence-corrected chi connectivity index (χ1v) is 9.16. The van der Waals surface area contributed by atoms with E-state index < -0.39 is 5.97 Å². The number of phenolic OH excluding ortho intramolecular Hbond substituents is 1. The number of ether oxygens (including phenoxy) is 1. The largest absolute Gasteiger partial charge is 0.507 e. The number of carbonyl (C=O) groups is 2. The Hall–Kier alpha value is -2.60. The molecule has 0 radical (unpaired) electrons. The second-order valence-electron chi connectivity index (χ2n) is 6.44. The van der Waals surface area contributed by atoms with Crippen LogP contribution in [0.5, 0.6) is 11.5 Å². The third-order valence-corrected chi connectivity index (χ3v) is 4.44. The summed E-state index contributed by atoms with van der Waals surface area (Å²) >= 11 is 3.23. The Labute approximate surface area is 166 Å². The number of aromatic carboxylic acids is 1. The summed E-state index contributed by atoms with van der Waals surface area (Å²) < 4.78 is 6.49. The summed E-state index contributed by atoms with van der Waals surface area (Å²) in [7, 11) is 0. The fourth-order valence-electron chi connectivity index (χ4n) is 2.81. The average molecular weight is 433 g/mol. The number of hydrogen-bond donors (Lipinski definition) is 2. The van der Waals surface area contributed by atoms with Gasteiger partial charge in [0.1, 0.15) is 11.5 Å². The summed E-state index contributed by atoms with van der Waals surface area (Å²) in [6.45, 7) is 7.08. The van der Waals surface area contributed by atoms with Gasteiger partial charge < -0.3 is 14.9 Å². The molecule has 5 nitrogen and oxygen atoms in total. The van der Waals surface area contributed by atoms with Gasteiger partial charge in [0.15, 0.2) is 5.78 Å². The smallest absolute Gasteiger partial charge is 0.336 e. The van der Waals surface area contributed by atoms with Crippen LogP contribution in [-0.2, 0) is 0 Å². The maximum absolute atomic E-state index is 12.4. The number of ketones is 1. The summed E-state index contributed by atoms with van der Waals surface area (Å²) in [5, 5.41) is 19.4. The highest BCUT2D eigenvalue weighted by Gasteiger charge is 2.19. The third-order valence-electron chi connectivity index (χ3n) is 3.95. The number of aryl methyl sites for hydroxylation is 1. The molecule has 0 atom stereocenters. The lowest BCUT2D eigenvalue weighted by Gasteiger charge is -2.18. The van der Waals surface area contributed by atoms with Gasteiger partial charge in [-0.3, -0.25) is 4.79 Å². The summed E-state index contributed by atoms with van der Waals surface area (Å²) in [4.78, 5) is 24.0. The maximum atomic E-state index is 12.4. The molecule has 0 aliphatic heterocycles. The normalized spacial score (nSPS) is 11.2. The Morgan fingerprint density at radius 3 is 2.41 bits per heavy atom. The van der Waals surface area contributed by atoms with Gasteiger partial charge in [-0.05, 0) is 69.7 Å². The number of aromatic hydroxyl groups is 1. The van der Waals surface area contributed by atoms with Crippen LogP contribution in [-0.4, -0.2) is 28.1 Å². The molecular weight excluding hydrogens is 412 g/mol. The van der Waals surface area contributed by atoms with E-state index in [0.717, 1.165) is 0 Å². The van der Waals surface area contributed by atoms with Crippen LogP contribution in [0.25, 0.3) is 6.08 Å². The summed E-state index contributed by atoms with van der Waals surface area (Å²) in [6, 6.07) is 6.33. The van der Waals surface area contributed by atoms with Crippen molar-refractivity contribution in [3.05, 3.63) is 62.6 Å². The lowest BCUT2D eigenvalue weighted by atomic mass is 9.97. The lowest BCUT2D eigenvalue weighted by Crippen LogP contribution is -2.12. The molecule has 0 amide bonds. The number of benzene rings is 2. The molecule has 2 rings (SSSR count). The monoisotopic (exact) mass is 432 g/mol. The molecule has 142 valence electrons. The molecule has 0 unspecified atom stereocenters. The zero-order valence-electron chi connectivity index (χ0n) is 15.5. The Kier molecular flexibility index (Phi) is 6.44. The van der Waals surface area contributed by atoms with Gasteiger partial charge >= 0.3 is 5.97 Å².